The number of hydrazine groups is 1. The molecule has 1 fully saturated rings. The smallest absolute Gasteiger partial charge is 0.273 e. The summed E-state index contributed by atoms with van der Waals surface area (Å²) in [5, 5.41) is 2.16. The number of hydrogen-bond acceptors (Lipinski definition) is 4. The van der Waals surface area contributed by atoms with Gasteiger partial charge in [-0.15, -0.1) is 11.6 Å². The number of benzene rings is 2. The summed E-state index contributed by atoms with van der Waals surface area (Å²) >= 11 is 12.0. The summed E-state index contributed by atoms with van der Waals surface area (Å²) in [5.74, 6) is -4.37. The number of hydrogen-bond donors (Lipinski definition) is 0. The number of halogens is 3. The van der Waals surface area contributed by atoms with Gasteiger partial charge in [-0.3, -0.25) is 19.2 Å². The highest BCUT2D eigenvalue weighted by molar-refractivity contribution is 6.30. The molecule has 4 rings (SSSR count). The Bertz CT molecular complexity index is 1180. The molecule has 1 aliphatic carbocycles. The van der Waals surface area contributed by atoms with E-state index in [1.54, 1.807) is 0 Å². The standard InChI is InChI=1S/C26H23Cl2FN2O4/c1-15-3-2-4-20-22(15)26(35)31(25(20)34)30(24(33)17-5-9-18(28)10-6-17)21(13-14-27)23(32)16-7-11-19(29)12-8-16/h2-3,5-12,15,20-22H,4,13-14H2,1H3/t15-,20+,21+,22-/m1/s1. The fourth-order valence-electron chi connectivity index (χ4n) is 4.71. The molecule has 4 atom stereocenters. The molecule has 9 heteroatoms. The third-order valence-electron chi connectivity index (χ3n) is 6.47. The largest absolute Gasteiger partial charge is 0.292 e. The van der Waals surface area contributed by atoms with E-state index in [-0.39, 0.29) is 29.3 Å². The van der Waals surface area contributed by atoms with Crippen molar-refractivity contribution in [1.82, 2.24) is 10.0 Å². The molecule has 182 valence electrons. The number of Topliss-reactive ketones (excluding diaryl/α,β-unsaturated/α-hetero) is 1. The lowest BCUT2D eigenvalue weighted by Gasteiger charge is -2.36. The van der Waals surface area contributed by atoms with Crippen molar-refractivity contribution in [2.45, 2.75) is 25.8 Å². The predicted octanol–water partition coefficient (Wildman–Crippen LogP) is 4.91. The number of fused-ring (bicyclic) bond motifs is 1. The highest BCUT2D eigenvalue weighted by Gasteiger charge is 2.54. The number of allylic oxidation sites excluding steroid dienone is 2. The van der Waals surface area contributed by atoms with Crippen molar-refractivity contribution < 1.29 is 23.6 Å². The lowest BCUT2D eigenvalue weighted by molar-refractivity contribution is -0.156. The molecule has 0 aromatic heterocycles. The molecule has 2 aliphatic rings. The average Bonchev–Trinajstić information content (AvgIpc) is 3.10. The summed E-state index contributed by atoms with van der Waals surface area (Å²) in [4.78, 5) is 54.4. The van der Waals surface area contributed by atoms with E-state index in [1.807, 2.05) is 19.1 Å². The number of amides is 3. The highest BCUT2D eigenvalue weighted by atomic mass is 35.5. The molecule has 0 N–H and O–H groups in total. The molecule has 0 bridgehead atoms. The average molecular weight is 517 g/mol. The van der Waals surface area contributed by atoms with Gasteiger partial charge in [0.15, 0.2) is 5.78 Å². The lowest BCUT2D eigenvalue weighted by atomic mass is 9.78. The lowest BCUT2D eigenvalue weighted by Crippen LogP contribution is -2.57. The summed E-state index contributed by atoms with van der Waals surface area (Å²) < 4.78 is 13.5. The number of rotatable bonds is 7. The number of carbonyl (C=O) groups excluding carboxylic acids is 4. The van der Waals surface area contributed by atoms with Gasteiger partial charge in [0.1, 0.15) is 11.9 Å². The maximum Gasteiger partial charge on any atom is 0.273 e. The Kier molecular flexibility index (Phi) is 7.38. The fraction of sp³-hybridized carbons (Fsp3) is 0.308. The third-order valence-corrected chi connectivity index (χ3v) is 6.94. The minimum Gasteiger partial charge on any atom is -0.292 e. The van der Waals surface area contributed by atoms with Gasteiger partial charge in [0.2, 0.25) is 0 Å². The number of carbonyl (C=O) groups is 4. The van der Waals surface area contributed by atoms with Crippen molar-refractivity contribution in [3.05, 3.63) is 82.6 Å². The Labute approximate surface area is 212 Å². The van der Waals surface area contributed by atoms with E-state index in [2.05, 4.69) is 0 Å². The Balaban J connectivity index is 1.81. The minimum atomic E-state index is -1.27. The maximum atomic E-state index is 13.8. The van der Waals surface area contributed by atoms with E-state index >= 15 is 0 Å². The van der Waals surface area contributed by atoms with Gasteiger partial charge in [-0.25, -0.2) is 9.40 Å². The van der Waals surface area contributed by atoms with Crippen LogP contribution in [0, 0.1) is 23.6 Å². The van der Waals surface area contributed by atoms with Gasteiger partial charge in [0, 0.05) is 22.0 Å². The Hall–Kier alpha value is -3.03. The van der Waals surface area contributed by atoms with E-state index < -0.39 is 47.2 Å². The van der Waals surface area contributed by atoms with E-state index in [0.717, 1.165) is 22.2 Å². The first-order valence-corrected chi connectivity index (χ1v) is 12.1. The van der Waals surface area contributed by atoms with Crippen molar-refractivity contribution in [1.29, 1.82) is 0 Å². The van der Waals surface area contributed by atoms with Crippen molar-refractivity contribution in [3.63, 3.8) is 0 Å². The molecule has 1 heterocycles. The monoisotopic (exact) mass is 516 g/mol. The first-order chi connectivity index (χ1) is 16.7. The quantitative estimate of drug-likeness (QED) is 0.226. The van der Waals surface area contributed by atoms with Crippen LogP contribution in [-0.4, -0.2) is 45.4 Å². The second-order valence-corrected chi connectivity index (χ2v) is 9.48. The first kappa shape index (κ1) is 25.1. The van der Waals surface area contributed by atoms with Gasteiger partial charge >= 0.3 is 0 Å². The molecule has 3 amide bonds. The molecule has 0 saturated carbocycles. The van der Waals surface area contributed by atoms with E-state index in [9.17, 15) is 23.6 Å². The Morgan fingerprint density at radius 2 is 1.69 bits per heavy atom. The van der Waals surface area contributed by atoms with Crippen molar-refractivity contribution in [2.75, 3.05) is 5.88 Å². The minimum absolute atomic E-state index is 0.0248. The van der Waals surface area contributed by atoms with Crippen LogP contribution in [0.5, 0.6) is 0 Å². The van der Waals surface area contributed by atoms with Crippen LogP contribution >= 0.6 is 23.2 Å². The number of ketones is 1. The Morgan fingerprint density at radius 3 is 2.29 bits per heavy atom. The zero-order valence-electron chi connectivity index (χ0n) is 18.9. The SMILES string of the molecule is C[C@@H]1C=CC[C@@H]2C(=O)N(N(C(=O)c3ccc(Cl)cc3)[C@@H](CCCl)C(=O)c3ccc(F)cc3)C(=O)[C@H]12. The molecule has 1 aliphatic heterocycles. The molecule has 0 spiro atoms. The maximum absolute atomic E-state index is 13.8. The van der Waals surface area contributed by atoms with Crippen LogP contribution in [-0.2, 0) is 9.59 Å². The summed E-state index contributed by atoms with van der Waals surface area (Å²) in [5.41, 5.74) is 0.268. The predicted molar refractivity (Wildman–Crippen MR) is 129 cm³/mol. The first-order valence-electron chi connectivity index (χ1n) is 11.2. The number of alkyl halides is 1. The van der Waals surface area contributed by atoms with Gasteiger partial charge in [-0.1, -0.05) is 30.7 Å². The van der Waals surface area contributed by atoms with Crippen LogP contribution in [0.1, 0.15) is 40.5 Å². The molecular weight excluding hydrogens is 494 g/mol. The van der Waals surface area contributed by atoms with Crippen molar-refractivity contribution in [2.24, 2.45) is 17.8 Å². The molecule has 6 nitrogen and oxygen atoms in total. The summed E-state index contributed by atoms with van der Waals surface area (Å²) in [6.45, 7) is 1.84. The highest BCUT2D eigenvalue weighted by Crippen LogP contribution is 2.40. The van der Waals surface area contributed by atoms with Gasteiger partial charge in [-0.2, -0.15) is 5.01 Å². The van der Waals surface area contributed by atoms with Crippen LogP contribution in [0.15, 0.2) is 60.7 Å². The molecule has 2 aromatic rings. The van der Waals surface area contributed by atoms with Crippen LogP contribution in [0.4, 0.5) is 4.39 Å². The van der Waals surface area contributed by atoms with Crippen LogP contribution in [0.3, 0.4) is 0 Å². The van der Waals surface area contributed by atoms with E-state index in [1.165, 1.54) is 36.4 Å². The molecule has 35 heavy (non-hydrogen) atoms. The number of imide groups is 1. The topological polar surface area (TPSA) is 74.8 Å². The van der Waals surface area contributed by atoms with Gasteiger partial charge in [0.05, 0.1) is 11.8 Å². The number of nitrogens with zero attached hydrogens (tertiary/aromatic N) is 2. The molecule has 0 unspecified atom stereocenters. The Morgan fingerprint density at radius 1 is 1.06 bits per heavy atom. The molecule has 1 saturated heterocycles. The second kappa shape index (κ2) is 10.3. The second-order valence-electron chi connectivity index (χ2n) is 8.66. The zero-order chi connectivity index (χ0) is 25.3. The van der Waals surface area contributed by atoms with Crippen LogP contribution < -0.4 is 0 Å². The zero-order valence-corrected chi connectivity index (χ0v) is 20.4. The molecular formula is C26H23Cl2FN2O4. The van der Waals surface area contributed by atoms with E-state index in [0.29, 0.717) is 11.4 Å². The van der Waals surface area contributed by atoms with E-state index in [4.69, 9.17) is 23.2 Å². The van der Waals surface area contributed by atoms with Crippen molar-refractivity contribution in [3.8, 4) is 0 Å². The van der Waals surface area contributed by atoms with Gasteiger partial charge in [0.25, 0.3) is 17.7 Å². The van der Waals surface area contributed by atoms with Crippen LogP contribution in [0.2, 0.25) is 5.02 Å². The molecule has 0 radical (unpaired) electrons. The summed E-state index contributed by atoms with van der Waals surface area (Å²) in [7, 11) is 0. The van der Waals surface area contributed by atoms with Crippen molar-refractivity contribution >= 4 is 46.7 Å². The summed E-state index contributed by atoms with van der Waals surface area (Å²) in [6.07, 6.45) is 4.06. The fourth-order valence-corrected chi connectivity index (χ4v) is 5.05. The normalized spacial score (nSPS) is 22.2. The third kappa shape index (κ3) is 4.75. The van der Waals surface area contributed by atoms with Gasteiger partial charge < -0.3 is 0 Å². The molecule has 2 aromatic carbocycles. The van der Waals surface area contributed by atoms with Gasteiger partial charge in [-0.05, 0) is 67.3 Å². The van der Waals surface area contributed by atoms with Crippen LogP contribution in [0.25, 0.3) is 0 Å². The summed E-state index contributed by atoms with van der Waals surface area (Å²) in [6, 6.07) is 9.51.